The number of nitrogens with one attached hydrogen (secondary N) is 2. The summed E-state index contributed by atoms with van der Waals surface area (Å²) in [6.07, 6.45) is 1.77. The molecule has 0 unspecified atom stereocenters. The average molecular weight is 518 g/mol. The zero-order chi connectivity index (χ0) is 25.8. The van der Waals surface area contributed by atoms with Crippen molar-refractivity contribution in [3.63, 3.8) is 0 Å². The fraction of sp³-hybridized carbons (Fsp3) is 0.261. The number of ether oxygens (including phenoxy) is 1. The van der Waals surface area contributed by atoms with Gasteiger partial charge in [-0.15, -0.1) is 0 Å². The van der Waals surface area contributed by atoms with E-state index in [0.717, 1.165) is 0 Å². The van der Waals surface area contributed by atoms with Gasteiger partial charge in [-0.05, 0) is 44.9 Å². The molecule has 2 N–H and O–H groups in total. The van der Waals surface area contributed by atoms with E-state index >= 15 is 0 Å². The third-order valence-electron chi connectivity index (χ3n) is 5.07. The van der Waals surface area contributed by atoms with Gasteiger partial charge in [0.15, 0.2) is 5.82 Å². The molecular formula is C23H25ClN5O5P. The van der Waals surface area contributed by atoms with E-state index in [9.17, 15) is 19.5 Å². The van der Waals surface area contributed by atoms with E-state index in [-0.39, 0.29) is 46.8 Å². The highest BCUT2D eigenvalue weighted by Gasteiger charge is 2.21. The first-order valence-corrected chi connectivity index (χ1v) is 13.5. The van der Waals surface area contributed by atoms with Gasteiger partial charge in [-0.2, -0.15) is 4.98 Å². The molecule has 184 valence electrons. The zero-order valence-corrected chi connectivity index (χ0v) is 21.3. The average Bonchev–Trinajstić information content (AvgIpc) is 2.79. The maximum absolute atomic E-state index is 12.7. The van der Waals surface area contributed by atoms with Gasteiger partial charge in [0, 0.05) is 23.4 Å². The Labute approximate surface area is 207 Å². The molecule has 0 saturated heterocycles. The molecule has 0 radical (unpaired) electrons. The summed E-state index contributed by atoms with van der Waals surface area (Å²) in [7, 11) is -1.15. The highest BCUT2D eigenvalue weighted by atomic mass is 35.5. The SMILES string of the molecule is COc1cc(CCC(C)=O)c([N+](=O)[O-])cc1Nc1ncc(Cl)c(Nc2ccccc2P(C)(C)=O)n1. The molecule has 0 atom stereocenters. The Morgan fingerprint density at radius 3 is 2.54 bits per heavy atom. The van der Waals surface area contributed by atoms with E-state index in [1.54, 1.807) is 37.6 Å². The summed E-state index contributed by atoms with van der Waals surface area (Å²) in [5.41, 5.74) is 1.09. The molecule has 12 heteroatoms. The number of nitro benzene ring substituents is 1. The van der Waals surface area contributed by atoms with Crippen molar-refractivity contribution in [1.82, 2.24) is 9.97 Å². The summed E-state index contributed by atoms with van der Waals surface area (Å²) in [6.45, 7) is 4.77. The smallest absolute Gasteiger partial charge is 0.274 e. The van der Waals surface area contributed by atoms with Crippen LogP contribution in [0.1, 0.15) is 18.9 Å². The number of para-hydroxylation sites is 1. The van der Waals surface area contributed by atoms with Gasteiger partial charge in [-0.1, -0.05) is 23.7 Å². The number of nitrogens with zero attached hydrogens (tertiary/aromatic N) is 3. The van der Waals surface area contributed by atoms with Crippen LogP contribution in [0.15, 0.2) is 42.6 Å². The highest BCUT2D eigenvalue weighted by molar-refractivity contribution is 7.70. The Kier molecular flexibility index (Phi) is 8.09. The van der Waals surface area contributed by atoms with Crippen molar-refractivity contribution in [2.75, 3.05) is 31.1 Å². The van der Waals surface area contributed by atoms with Crippen LogP contribution in [0.4, 0.5) is 28.8 Å². The van der Waals surface area contributed by atoms with Crippen molar-refractivity contribution in [1.29, 1.82) is 0 Å². The number of Topliss-reactive ketones (excluding diaryl/α,β-unsaturated/α-hetero) is 1. The van der Waals surface area contributed by atoms with Crippen LogP contribution in [0.5, 0.6) is 5.75 Å². The standard InChI is InChI=1S/C23H25ClN5O5P/c1-14(30)9-10-15-11-20(34-2)18(12-19(15)29(31)32)27-23-25-13-16(24)22(28-23)26-17-7-5-6-8-21(17)35(3,4)33/h5-8,11-13H,9-10H2,1-4H3,(H2,25,26,27,28). The molecule has 3 rings (SSSR count). The van der Waals surface area contributed by atoms with Crippen molar-refractivity contribution in [2.45, 2.75) is 19.8 Å². The molecule has 0 aliphatic rings. The number of anilines is 4. The number of nitro groups is 1. The maximum atomic E-state index is 12.7. The molecule has 2 aromatic carbocycles. The predicted molar refractivity (Wildman–Crippen MR) is 138 cm³/mol. The summed E-state index contributed by atoms with van der Waals surface area (Å²) >= 11 is 6.30. The molecule has 0 fully saturated rings. The second kappa shape index (κ2) is 10.8. The van der Waals surface area contributed by atoms with E-state index in [1.165, 1.54) is 32.4 Å². The summed E-state index contributed by atoms with van der Waals surface area (Å²) in [4.78, 5) is 31.1. The molecule has 1 aromatic heterocycles. The molecule has 0 bridgehead atoms. The minimum Gasteiger partial charge on any atom is -0.495 e. The van der Waals surface area contributed by atoms with E-state index in [2.05, 4.69) is 20.6 Å². The number of methoxy groups -OCH3 is 1. The second-order valence-electron chi connectivity index (χ2n) is 8.15. The molecule has 3 aromatic rings. The molecule has 10 nitrogen and oxygen atoms in total. The number of aryl methyl sites for hydroxylation is 1. The van der Waals surface area contributed by atoms with Crippen LogP contribution in [0.2, 0.25) is 5.02 Å². The first-order chi connectivity index (χ1) is 16.5. The normalized spacial score (nSPS) is 11.1. The quantitative estimate of drug-likeness (QED) is 0.208. The Hall–Kier alpha value is -3.49. The van der Waals surface area contributed by atoms with E-state index in [4.69, 9.17) is 16.3 Å². The third kappa shape index (κ3) is 6.55. The minimum atomic E-state index is -2.58. The first kappa shape index (κ1) is 26.1. The van der Waals surface area contributed by atoms with Gasteiger partial charge in [0.25, 0.3) is 5.69 Å². The van der Waals surface area contributed by atoms with Gasteiger partial charge in [0.1, 0.15) is 23.7 Å². The number of benzene rings is 2. The first-order valence-electron chi connectivity index (χ1n) is 10.6. The Morgan fingerprint density at radius 2 is 1.91 bits per heavy atom. The molecule has 1 heterocycles. The number of halogens is 1. The second-order valence-corrected chi connectivity index (χ2v) is 11.7. The number of carbonyl (C=O) groups is 1. The lowest BCUT2D eigenvalue weighted by Crippen LogP contribution is -2.11. The lowest BCUT2D eigenvalue weighted by atomic mass is 10.0. The molecule has 0 amide bonds. The third-order valence-corrected chi connectivity index (χ3v) is 6.90. The Balaban J connectivity index is 1.96. The summed E-state index contributed by atoms with van der Waals surface area (Å²) in [5.74, 6) is 0.621. The number of rotatable bonds is 10. The van der Waals surface area contributed by atoms with Crippen LogP contribution in [0.3, 0.4) is 0 Å². The molecule has 35 heavy (non-hydrogen) atoms. The molecule has 0 aliphatic carbocycles. The van der Waals surface area contributed by atoms with E-state index in [0.29, 0.717) is 22.3 Å². The monoisotopic (exact) mass is 517 g/mol. The highest BCUT2D eigenvalue weighted by Crippen LogP contribution is 2.39. The topological polar surface area (TPSA) is 136 Å². The fourth-order valence-corrected chi connectivity index (χ4v) is 4.66. The Morgan fingerprint density at radius 1 is 1.20 bits per heavy atom. The maximum Gasteiger partial charge on any atom is 0.274 e. The van der Waals surface area contributed by atoms with Crippen LogP contribution in [0.25, 0.3) is 0 Å². The molecule has 0 spiro atoms. The van der Waals surface area contributed by atoms with Gasteiger partial charge < -0.3 is 24.7 Å². The number of ketones is 1. The zero-order valence-electron chi connectivity index (χ0n) is 19.7. The Bertz CT molecular complexity index is 1330. The summed E-state index contributed by atoms with van der Waals surface area (Å²) in [6, 6.07) is 9.98. The van der Waals surface area contributed by atoms with Crippen molar-refractivity contribution in [3.05, 3.63) is 63.3 Å². The van der Waals surface area contributed by atoms with Crippen LogP contribution >= 0.6 is 18.7 Å². The fourth-order valence-electron chi connectivity index (χ4n) is 3.37. The number of hydrogen-bond donors (Lipinski definition) is 2. The van der Waals surface area contributed by atoms with Gasteiger partial charge in [0.05, 0.1) is 29.6 Å². The van der Waals surface area contributed by atoms with Crippen LogP contribution in [-0.4, -0.2) is 41.1 Å². The number of aromatic nitrogens is 2. The van der Waals surface area contributed by atoms with Crippen LogP contribution < -0.4 is 20.7 Å². The lowest BCUT2D eigenvalue weighted by molar-refractivity contribution is -0.385. The van der Waals surface area contributed by atoms with Crippen molar-refractivity contribution in [2.24, 2.45) is 0 Å². The van der Waals surface area contributed by atoms with Gasteiger partial charge in [-0.3, -0.25) is 10.1 Å². The van der Waals surface area contributed by atoms with Crippen LogP contribution in [-0.2, 0) is 15.8 Å². The number of carbonyl (C=O) groups excluding carboxylic acids is 1. The predicted octanol–water partition coefficient (Wildman–Crippen LogP) is 5.30. The minimum absolute atomic E-state index is 0.0702. The van der Waals surface area contributed by atoms with Crippen molar-refractivity contribution >= 4 is 58.7 Å². The van der Waals surface area contributed by atoms with Crippen LogP contribution in [0, 0.1) is 10.1 Å². The van der Waals surface area contributed by atoms with Gasteiger partial charge in [-0.25, -0.2) is 4.98 Å². The summed E-state index contributed by atoms with van der Waals surface area (Å²) in [5, 5.41) is 18.6. The molecule has 0 saturated carbocycles. The largest absolute Gasteiger partial charge is 0.495 e. The lowest BCUT2D eigenvalue weighted by Gasteiger charge is -2.16. The van der Waals surface area contributed by atoms with Gasteiger partial charge >= 0.3 is 0 Å². The van der Waals surface area contributed by atoms with E-state index in [1.807, 2.05) is 0 Å². The van der Waals surface area contributed by atoms with Crippen molar-refractivity contribution in [3.8, 4) is 5.75 Å². The molecule has 0 aliphatic heterocycles. The van der Waals surface area contributed by atoms with Crippen molar-refractivity contribution < 1.29 is 19.0 Å². The van der Waals surface area contributed by atoms with E-state index < -0.39 is 12.1 Å². The summed E-state index contributed by atoms with van der Waals surface area (Å²) < 4.78 is 18.1. The van der Waals surface area contributed by atoms with Gasteiger partial charge in [0.2, 0.25) is 5.95 Å². The molecular weight excluding hydrogens is 493 g/mol. The number of hydrogen-bond acceptors (Lipinski definition) is 9.